The van der Waals surface area contributed by atoms with Gasteiger partial charge in [0.1, 0.15) is 0 Å². The molecule has 12 heavy (non-hydrogen) atoms. The van der Waals surface area contributed by atoms with Gasteiger partial charge in [-0.1, -0.05) is 6.92 Å². The Morgan fingerprint density at radius 3 is 2.92 bits per heavy atom. The maximum Gasteiger partial charge on any atom is 0.234 e. The predicted molar refractivity (Wildman–Crippen MR) is 46.8 cm³/mol. The van der Waals surface area contributed by atoms with Gasteiger partial charge in [0.2, 0.25) is 5.91 Å². The van der Waals surface area contributed by atoms with Crippen LogP contribution in [-0.4, -0.2) is 36.0 Å². The Morgan fingerprint density at radius 1 is 1.58 bits per heavy atom. The van der Waals surface area contributed by atoms with Crippen molar-refractivity contribution in [3.05, 3.63) is 0 Å². The summed E-state index contributed by atoms with van der Waals surface area (Å²) >= 11 is 0. The fraction of sp³-hybridized carbons (Fsp3) is 0.889. The van der Waals surface area contributed by atoms with Crippen LogP contribution in [0.2, 0.25) is 0 Å². The average molecular weight is 168 g/mol. The third-order valence-electron chi connectivity index (χ3n) is 2.69. The van der Waals surface area contributed by atoms with Gasteiger partial charge in [-0.3, -0.25) is 9.69 Å². The Kier molecular flexibility index (Phi) is 1.83. The van der Waals surface area contributed by atoms with Crippen molar-refractivity contribution >= 4 is 5.91 Å². The Labute approximate surface area is 73.1 Å². The highest BCUT2D eigenvalue weighted by atomic mass is 16.2. The maximum absolute atomic E-state index is 11.3. The molecule has 0 aromatic rings. The van der Waals surface area contributed by atoms with Gasteiger partial charge in [-0.25, -0.2) is 0 Å². The molecule has 1 aliphatic carbocycles. The summed E-state index contributed by atoms with van der Waals surface area (Å²) in [6, 6.07) is 0. The minimum atomic E-state index is 0.199. The summed E-state index contributed by atoms with van der Waals surface area (Å²) in [6.07, 6.45) is 3.50. The summed E-state index contributed by atoms with van der Waals surface area (Å²) in [4.78, 5) is 13.5. The van der Waals surface area contributed by atoms with E-state index >= 15 is 0 Å². The van der Waals surface area contributed by atoms with Crippen molar-refractivity contribution < 1.29 is 4.79 Å². The third-order valence-corrected chi connectivity index (χ3v) is 2.69. The molecule has 68 valence electrons. The lowest BCUT2D eigenvalue weighted by Crippen LogP contribution is -2.55. The number of rotatable bonds is 2. The fourth-order valence-electron chi connectivity index (χ4n) is 1.97. The second-order valence-corrected chi connectivity index (χ2v) is 4.04. The first-order valence-corrected chi connectivity index (χ1v) is 4.77. The molecule has 3 nitrogen and oxygen atoms in total. The lowest BCUT2D eigenvalue weighted by Gasteiger charge is -2.32. The highest BCUT2D eigenvalue weighted by Crippen LogP contribution is 2.37. The number of hydrogen-bond donors (Lipinski definition) is 1. The minimum absolute atomic E-state index is 0.199. The van der Waals surface area contributed by atoms with E-state index in [2.05, 4.69) is 17.1 Å². The van der Waals surface area contributed by atoms with Crippen molar-refractivity contribution in [2.45, 2.75) is 31.7 Å². The topological polar surface area (TPSA) is 32.3 Å². The number of nitrogens with zero attached hydrogens (tertiary/aromatic N) is 1. The van der Waals surface area contributed by atoms with Crippen molar-refractivity contribution in [1.82, 2.24) is 10.2 Å². The molecule has 1 saturated heterocycles. The zero-order valence-electron chi connectivity index (χ0n) is 7.60. The van der Waals surface area contributed by atoms with Crippen LogP contribution in [0.1, 0.15) is 26.2 Å². The summed E-state index contributed by atoms with van der Waals surface area (Å²) < 4.78 is 0. The number of amides is 1. The Morgan fingerprint density at radius 2 is 2.33 bits per heavy atom. The normalized spacial score (nSPS) is 27.2. The highest BCUT2D eigenvalue weighted by molar-refractivity contribution is 5.80. The zero-order chi connectivity index (χ0) is 8.60. The van der Waals surface area contributed by atoms with E-state index in [0.717, 1.165) is 19.5 Å². The second-order valence-electron chi connectivity index (χ2n) is 4.04. The van der Waals surface area contributed by atoms with Crippen molar-refractivity contribution in [2.75, 3.05) is 19.6 Å². The van der Waals surface area contributed by atoms with Gasteiger partial charge < -0.3 is 5.32 Å². The van der Waals surface area contributed by atoms with Crippen LogP contribution in [-0.2, 0) is 4.79 Å². The largest absolute Gasteiger partial charge is 0.348 e. The van der Waals surface area contributed by atoms with Gasteiger partial charge in [0.05, 0.1) is 12.1 Å². The van der Waals surface area contributed by atoms with Crippen molar-refractivity contribution in [3.8, 4) is 0 Å². The molecule has 2 aliphatic rings. The molecule has 1 spiro atoms. The first kappa shape index (κ1) is 8.05. The maximum atomic E-state index is 11.3. The van der Waals surface area contributed by atoms with Gasteiger partial charge >= 0.3 is 0 Å². The molecule has 1 heterocycles. The Bertz CT molecular complexity index is 199. The molecule has 0 aromatic carbocycles. The molecular formula is C9H16N2O. The average Bonchev–Trinajstić information content (AvgIpc) is 2.67. The number of carbonyl (C=O) groups excluding carboxylic acids is 1. The van der Waals surface area contributed by atoms with Crippen LogP contribution in [0.4, 0.5) is 0 Å². The van der Waals surface area contributed by atoms with Crippen LogP contribution in [0.25, 0.3) is 0 Å². The van der Waals surface area contributed by atoms with E-state index in [1.165, 1.54) is 12.8 Å². The van der Waals surface area contributed by atoms with Gasteiger partial charge in [0.25, 0.3) is 0 Å². The zero-order valence-corrected chi connectivity index (χ0v) is 7.60. The summed E-state index contributed by atoms with van der Waals surface area (Å²) in [6.45, 7) is 4.91. The van der Waals surface area contributed by atoms with E-state index in [0.29, 0.717) is 6.54 Å². The van der Waals surface area contributed by atoms with Crippen LogP contribution in [0.15, 0.2) is 0 Å². The molecule has 0 bridgehead atoms. The number of nitrogens with one attached hydrogen (secondary N) is 1. The molecule has 1 saturated carbocycles. The van der Waals surface area contributed by atoms with Gasteiger partial charge in [-0.05, 0) is 25.8 Å². The molecule has 3 heteroatoms. The molecule has 0 atom stereocenters. The van der Waals surface area contributed by atoms with Gasteiger partial charge in [0, 0.05) is 6.54 Å². The first-order valence-electron chi connectivity index (χ1n) is 4.77. The van der Waals surface area contributed by atoms with Crippen LogP contribution in [0.3, 0.4) is 0 Å². The predicted octanol–water partition coefficient (Wildman–Crippen LogP) is 0.361. The monoisotopic (exact) mass is 168 g/mol. The van der Waals surface area contributed by atoms with Gasteiger partial charge in [-0.15, -0.1) is 0 Å². The van der Waals surface area contributed by atoms with Crippen LogP contribution in [0, 0.1) is 0 Å². The van der Waals surface area contributed by atoms with E-state index < -0.39 is 0 Å². The lowest BCUT2D eigenvalue weighted by molar-refractivity contribution is -0.126. The molecule has 1 aliphatic heterocycles. The van der Waals surface area contributed by atoms with E-state index in [-0.39, 0.29) is 11.4 Å². The van der Waals surface area contributed by atoms with E-state index in [9.17, 15) is 4.79 Å². The number of hydrogen-bond acceptors (Lipinski definition) is 2. The van der Waals surface area contributed by atoms with E-state index in [4.69, 9.17) is 0 Å². The Balaban J connectivity index is 1.95. The fourth-order valence-corrected chi connectivity index (χ4v) is 1.97. The molecular weight excluding hydrogens is 152 g/mol. The second kappa shape index (κ2) is 2.73. The molecule has 0 radical (unpaired) electrons. The molecule has 1 N–H and O–H groups in total. The summed E-state index contributed by atoms with van der Waals surface area (Å²) in [5.41, 5.74) is 0.199. The lowest BCUT2D eigenvalue weighted by atomic mass is 10.2. The Hall–Kier alpha value is -0.570. The van der Waals surface area contributed by atoms with E-state index in [1.54, 1.807) is 0 Å². The highest BCUT2D eigenvalue weighted by Gasteiger charge is 2.47. The standard InChI is InChI=1S/C9H16N2O/c1-2-5-11-6-8(12)10-9(7-11)3-4-9/h2-7H2,1H3,(H,10,12). The first-order chi connectivity index (χ1) is 5.74. The molecule has 2 rings (SSSR count). The molecule has 2 fully saturated rings. The smallest absolute Gasteiger partial charge is 0.234 e. The third kappa shape index (κ3) is 1.46. The van der Waals surface area contributed by atoms with Crippen LogP contribution in [0.5, 0.6) is 0 Å². The summed E-state index contributed by atoms with van der Waals surface area (Å²) in [5, 5.41) is 3.07. The molecule has 0 unspecified atom stereocenters. The molecule has 0 aromatic heterocycles. The quantitative estimate of drug-likeness (QED) is 0.645. The van der Waals surface area contributed by atoms with Crippen molar-refractivity contribution in [2.24, 2.45) is 0 Å². The van der Waals surface area contributed by atoms with Crippen molar-refractivity contribution in [1.29, 1.82) is 0 Å². The number of carbonyl (C=O) groups is 1. The van der Waals surface area contributed by atoms with Crippen LogP contribution >= 0.6 is 0 Å². The van der Waals surface area contributed by atoms with Crippen LogP contribution < -0.4 is 5.32 Å². The van der Waals surface area contributed by atoms with Gasteiger partial charge in [-0.2, -0.15) is 0 Å². The summed E-state index contributed by atoms with van der Waals surface area (Å²) in [7, 11) is 0. The van der Waals surface area contributed by atoms with E-state index in [1.807, 2.05) is 0 Å². The minimum Gasteiger partial charge on any atom is -0.348 e. The summed E-state index contributed by atoms with van der Waals surface area (Å²) in [5.74, 6) is 0.215. The molecule has 1 amide bonds. The van der Waals surface area contributed by atoms with Crippen molar-refractivity contribution in [3.63, 3.8) is 0 Å². The van der Waals surface area contributed by atoms with Gasteiger partial charge in [0.15, 0.2) is 0 Å². The number of piperazine rings is 1. The SMILES string of the molecule is CCCN1CC(=O)NC2(CC2)C1.